The Morgan fingerprint density at radius 3 is 2.48 bits per heavy atom. The van der Waals surface area contributed by atoms with Gasteiger partial charge < -0.3 is 5.32 Å². The summed E-state index contributed by atoms with van der Waals surface area (Å²) in [6, 6.07) is 3.14. The van der Waals surface area contributed by atoms with Gasteiger partial charge in [-0.15, -0.1) is 11.3 Å². The molecule has 0 radical (unpaired) electrons. The van der Waals surface area contributed by atoms with E-state index >= 15 is 0 Å². The van der Waals surface area contributed by atoms with Crippen molar-refractivity contribution in [2.75, 3.05) is 7.05 Å². The molecule has 0 aliphatic heterocycles. The Labute approximate surface area is 134 Å². The predicted octanol–water partition coefficient (Wildman–Crippen LogP) is 5.35. The first-order valence-corrected chi connectivity index (χ1v) is 9.77. The molecule has 0 aromatic carbocycles. The van der Waals surface area contributed by atoms with Crippen LogP contribution >= 0.6 is 11.3 Å². The van der Waals surface area contributed by atoms with Gasteiger partial charge in [0.05, 0.1) is 0 Å². The lowest BCUT2D eigenvalue weighted by molar-refractivity contribution is 0.182. The summed E-state index contributed by atoms with van der Waals surface area (Å²) in [6.07, 6.45) is 11.1. The Morgan fingerprint density at radius 2 is 1.76 bits per heavy atom. The fourth-order valence-corrected chi connectivity index (χ4v) is 6.20. The minimum atomic E-state index is 0.590. The van der Waals surface area contributed by atoms with Crippen molar-refractivity contribution < 1.29 is 0 Å². The molecule has 0 amide bonds. The van der Waals surface area contributed by atoms with E-state index in [0.717, 1.165) is 17.8 Å². The van der Waals surface area contributed by atoms with Crippen molar-refractivity contribution in [3.63, 3.8) is 0 Å². The largest absolute Gasteiger partial charge is 0.312 e. The van der Waals surface area contributed by atoms with E-state index in [1.54, 1.807) is 15.3 Å². The molecule has 3 atom stereocenters. The quantitative estimate of drug-likeness (QED) is 0.742. The maximum absolute atomic E-state index is 3.66. The van der Waals surface area contributed by atoms with Crippen molar-refractivity contribution in [1.82, 2.24) is 5.32 Å². The number of fused-ring (bicyclic) bond motifs is 1. The highest BCUT2D eigenvalue weighted by molar-refractivity contribution is 7.12. The van der Waals surface area contributed by atoms with Crippen LogP contribution in [0.15, 0.2) is 6.07 Å². The van der Waals surface area contributed by atoms with Crippen LogP contribution in [0.25, 0.3) is 0 Å². The number of aryl methyl sites for hydroxylation is 2. The summed E-state index contributed by atoms with van der Waals surface area (Å²) in [7, 11) is 2.17. The monoisotopic (exact) mass is 305 g/mol. The van der Waals surface area contributed by atoms with Crippen LogP contribution in [0.5, 0.6) is 0 Å². The lowest BCUT2D eigenvalue weighted by Crippen LogP contribution is -2.30. The molecular weight excluding hydrogens is 274 g/mol. The topological polar surface area (TPSA) is 12.0 Å². The second-order valence-corrected chi connectivity index (χ2v) is 8.77. The Bertz CT molecular complexity index is 431. The van der Waals surface area contributed by atoms with Crippen molar-refractivity contribution in [1.29, 1.82) is 0 Å². The molecule has 1 N–H and O–H groups in total. The van der Waals surface area contributed by atoms with Gasteiger partial charge in [-0.1, -0.05) is 20.3 Å². The fourth-order valence-electron chi connectivity index (χ4n) is 4.74. The van der Waals surface area contributed by atoms with E-state index in [4.69, 9.17) is 0 Å². The van der Waals surface area contributed by atoms with E-state index < -0.39 is 0 Å². The van der Waals surface area contributed by atoms with Gasteiger partial charge in [0, 0.05) is 15.8 Å². The summed E-state index contributed by atoms with van der Waals surface area (Å²) in [5.74, 6) is 2.62. The summed E-state index contributed by atoms with van der Waals surface area (Å²) < 4.78 is 0. The molecule has 2 aliphatic rings. The van der Waals surface area contributed by atoms with E-state index in [-0.39, 0.29) is 0 Å². The lowest BCUT2D eigenvalue weighted by Gasteiger charge is -2.36. The molecule has 0 saturated heterocycles. The minimum Gasteiger partial charge on any atom is -0.312 e. The van der Waals surface area contributed by atoms with Crippen LogP contribution in [0.2, 0.25) is 0 Å². The van der Waals surface area contributed by atoms with Crippen molar-refractivity contribution in [2.45, 2.75) is 71.3 Å². The number of rotatable bonds is 3. The molecule has 21 heavy (non-hydrogen) atoms. The molecule has 2 aliphatic carbocycles. The first-order valence-electron chi connectivity index (χ1n) is 8.96. The van der Waals surface area contributed by atoms with E-state index in [2.05, 4.69) is 43.6 Å². The number of hydrogen-bond donors (Lipinski definition) is 1. The molecule has 2 heteroatoms. The molecule has 0 bridgehead atoms. The molecule has 1 saturated carbocycles. The highest BCUT2D eigenvalue weighted by atomic mass is 32.1. The van der Waals surface area contributed by atoms with Crippen LogP contribution < -0.4 is 5.32 Å². The first-order chi connectivity index (χ1) is 10.2. The van der Waals surface area contributed by atoms with Gasteiger partial charge >= 0.3 is 0 Å². The Balaban J connectivity index is 1.79. The van der Waals surface area contributed by atoms with E-state index in [1.807, 2.05) is 0 Å². The molecule has 1 heterocycles. The second-order valence-electron chi connectivity index (χ2n) is 7.60. The second kappa shape index (κ2) is 6.83. The summed E-state index contributed by atoms with van der Waals surface area (Å²) in [6.45, 7) is 4.89. The molecule has 0 spiro atoms. The molecule has 1 aromatic rings. The van der Waals surface area contributed by atoms with E-state index in [9.17, 15) is 0 Å². The average Bonchev–Trinajstić information content (AvgIpc) is 2.69. The zero-order valence-corrected chi connectivity index (χ0v) is 14.8. The highest BCUT2D eigenvalue weighted by Gasteiger charge is 2.31. The smallest absolute Gasteiger partial charge is 0.0441 e. The number of thiophene rings is 1. The molecule has 118 valence electrons. The van der Waals surface area contributed by atoms with Crippen molar-refractivity contribution in [3.8, 4) is 0 Å². The molecule has 1 aromatic heterocycles. The van der Waals surface area contributed by atoms with Crippen LogP contribution in [0.4, 0.5) is 0 Å². The van der Waals surface area contributed by atoms with Gasteiger partial charge in [-0.25, -0.2) is 0 Å². The summed E-state index contributed by atoms with van der Waals surface area (Å²) in [5, 5.41) is 3.66. The molecule has 1 fully saturated rings. The summed E-state index contributed by atoms with van der Waals surface area (Å²) >= 11 is 2.11. The normalized spacial score (nSPS) is 31.5. The van der Waals surface area contributed by atoms with E-state index in [1.165, 1.54) is 51.4 Å². The maximum Gasteiger partial charge on any atom is 0.0441 e. The summed E-state index contributed by atoms with van der Waals surface area (Å²) in [5.41, 5.74) is 1.67. The molecule has 3 unspecified atom stereocenters. The maximum atomic E-state index is 3.66. The van der Waals surface area contributed by atoms with Gasteiger partial charge in [0.1, 0.15) is 0 Å². The van der Waals surface area contributed by atoms with Gasteiger partial charge in [0.15, 0.2) is 0 Å². The van der Waals surface area contributed by atoms with Crippen molar-refractivity contribution in [2.24, 2.45) is 17.8 Å². The molecular formula is C19H31NS. The molecule has 3 rings (SSSR count). The highest BCUT2D eigenvalue weighted by Crippen LogP contribution is 2.42. The van der Waals surface area contributed by atoms with Crippen molar-refractivity contribution >= 4 is 11.3 Å². The van der Waals surface area contributed by atoms with Gasteiger partial charge in [-0.2, -0.15) is 0 Å². The van der Waals surface area contributed by atoms with Gasteiger partial charge in [0.2, 0.25) is 0 Å². The van der Waals surface area contributed by atoms with Crippen LogP contribution in [0, 0.1) is 17.8 Å². The first kappa shape index (κ1) is 15.6. The fraction of sp³-hybridized carbons (Fsp3) is 0.789. The number of nitrogens with one attached hydrogen (secondary N) is 1. The van der Waals surface area contributed by atoms with Gasteiger partial charge in [-0.3, -0.25) is 0 Å². The molecule has 1 nitrogen and oxygen atoms in total. The third kappa shape index (κ3) is 3.53. The summed E-state index contributed by atoms with van der Waals surface area (Å²) in [4.78, 5) is 3.32. The van der Waals surface area contributed by atoms with Gasteiger partial charge in [0.25, 0.3) is 0 Å². The zero-order chi connectivity index (χ0) is 14.8. The number of hydrogen-bond acceptors (Lipinski definition) is 2. The van der Waals surface area contributed by atoms with Crippen LogP contribution in [-0.4, -0.2) is 7.05 Å². The van der Waals surface area contributed by atoms with Gasteiger partial charge in [-0.05, 0) is 81.4 Å². The van der Waals surface area contributed by atoms with E-state index in [0.29, 0.717) is 6.04 Å². The zero-order valence-electron chi connectivity index (χ0n) is 14.0. The average molecular weight is 306 g/mol. The Kier molecular flexibility index (Phi) is 5.06. The Hall–Kier alpha value is -0.340. The van der Waals surface area contributed by atoms with Crippen LogP contribution in [-0.2, 0) is 12.8 Å². The third-order valence-corrected chi connectivity index (χ3v) is 6.89. The predicted molar refractivity (Wildman–Crippen MR) is 93.0 cm³/mol. The van der Waals surface area contributed by atoms with Crippen LogP contribution in [0.3, 0.4) is 0 Å². The standard InChI is InChI=1S/C19H31NS/c1-13-9-14(2)11-16(10-13)19(20-3)18-12-15-7-5-4-6-8-17(15)21-18/h12-14,16,19-20H,4-11H2,1-3H3. The SMILES string of the molecule is CNC(c1cc2c(s1)CCCCC2)C1CC(C)CC(C)C1. The minimum absolute atomic E-state index is 0.590. The van der Waals surface area contributed by atoms with Crippen molar-refractivity contribution in [3.05, 3.63) is 21.4 Å². The Morgan fingerprint density at radius 1 is 1.05 bits per heavy atom. The third-order valence-electron chi connectivity index (χ3n) is 5.57. The van der Waals surface area contributed by atoms with Crippen LogP contribution in [0.1, 0.15) is 73.7 Å². The lowest BCUT2D eigenvalue weighted by atomic mass is 9.73.